The van der Waals surface area contributed by atoms with Crippen LogP contribution in [0.2, 0.25) is 0 Å². The Balaban J connectivity index is 3.52. The number of nitro groups is 1. The Morgan fingerprint density at radius 1 is 1.22 bits per heavy atom. The van der Waals surface area contributed by atoms with Crippen LogP contribution < -0.4 is 4.90 Å². The highest BCUT2D eigenvalue weighted by Crippen LogP contribution is 2.32. The third-order valence-corrected chi connectivity index (χ3v) is 3.23. The van der Waals surface area contributed by atoms with Gasteiger partial charge in [-0.2, -0.15) is 0 Å². The van der Waals surface area contributed by atoms with Crippen LogP contribution in [0.5, 0.6) is 0 Å². The molecule has 1 aromatic carbocycles. The van der Waals surface area contributed by atoms with E-state index in [4.69, 9.17) is 10.2 Å². The van der Waals surface area contributed by atoms with Gasteiger partial charge in [-0.05, 0) is 12.1 Å². The molecule has 0 radical (unpaired) electrons. The molecule has 0 spiro atoms. The number of hydrogen-bond donors (Lipinski definition) is 2. The minimum Gasteiger partial charge on any atom is -0.481 e. The van der Waals surface area contributed by atoms with Crippen molar-refractivity contribution in [2.24, 2.45) is 5.92 Å². The van der Waals surface area contributed by atoms with Gasteiger partial charge in [0.2, 0.25) is 6.54 Å². The number of hydrogen-bond acceptors (Lipinski definition) is 5. The van der Waals surface area contributed by atoms with Gasteiger partial charge in [0, 0.05) is 30.3 Å². The number of aliphatic carboxylic acids is 2. The Bertz CT molecular complexity index is 612. The molecule has 1 atom stereocenters. The smallest absolute Gasteiger partial charge is 0.318 e. The summed E-state index contributed by atoms with van der Waals surface area (Å²) in [7, 11) is 3.00. The Labute approximate surface area is 129 Å². The molecule has 1 rings (SSSR count). The first-order valence-corrected chi connectivity index (χ1v) is 6.30. The van der Waals surface area contributed by atoms with Gasteiger partial charge in [-0.25, -0.2) is 8.78 Å². The number of nitrogens with zero attached hydrogens (tertiary/aromatic N) is 2. The van der Waals surface area contributed by atoms with E-state index in [2.05, 4.69) is 0 Å². The predicted octanol–water partition coefficient (Wildman–Crippen LogP) is 1.18. The van der Waals surface area contributed by atoms with Crippen molar-refractivity contribution in [2.45, 2.75) is 5.92 Å². The average Bonchev–Trinajstić information content (AvgIpc) is 2.35. The van der Waals surface area contributed by atoms with E-state index in [9.17, 15) is 28.5 Å². The molecule has 10 heteroatoms. The minimum atomic E-state index is -2.35. The monoisotopic (exact) mass is 332 g/mol. The van der Waals surface area contributed by atoms with Crippen LogP contribution in [0.3, 0.4) is 0 Å². The van der Waals surface area contributed by atoms with Gasteiger partial charge in [0.25, 0.3) is 0 Å². The zero-order valence-electron chi connectivity index (χ0n) is 12.2. The summed E-state index contributed by atoms with van der Waals surface area (Å²) in [6.07, 6.45) is 0. The van der Waals surface area contributed by atoms with Gasteiger partial charge >= 0.3 is 11.9 Å². The zero-order valence-corrected chi connectivity index (χ0v) is 12.2. The van der Waals surface area contributed by atoms with Crippen LogP contribution in [-0.4, -0.2) is 47.7 Å². The molecular formula is C13H14F2N2O6. The molecule has 0 aliphatic heterocycles. The highest BCUT2D eigenvalue weighted by molar-refractivity contribution is 5.94. The van der Waals surface area contributed by atoms with E-state index in [1.807, 2.05) is 0 Å². The zero-order chi connectivity index (χ0) is 17.9. The first kappa shape index (κ1) is 18.3. The lowest BCUT2D eigenvalue weighted by Crippen LogP contribution is -2.34. The van der Waals surface area contributed by atoms with Gasteiger partial charge in [0.1, 0.15) is 11.6 Å². The molecule has 126 valence electrons. The summed E-state index contributed by atoms with van der Waals surface area (Å²) in [5, 5.41) is 28.6. The molecule has 1 aromatic rings. The Hall–Kier alpha value is -2.78. The van der Waals surface area contributed by atoms with E-state index in [1.54, 1.807) is 0 Å². The van der Waals surface area contributed by atoms with Gasteiger partial charge in [-0.1, -0.05) is 0 Å². The fourth-order valence-electron chi connectivity index (χ4n) is 2.16. The average molecular weight is 332 g/mol. The summed E-state index contributed by atoms with van der Waals surface area (Å²) in [4.78, 5) is 33.2. The number of carboxylic acids is 2. The molecule has 0 amide bonds. The highest BCUT2D eigenvalue weighted by Gasteiger charge is 2.42. The molecule has 0 saturated carbocycles. The maximum Gasteiger partial charge on any atom is 0.318 e. The number of carboxylic acid groups (broad SMARTS) is 2. The van der Waals surface area contributed by atoms with Crippen molar-refractivity contribution in [3.63, 3.8) is 0 Å². The predicted molar refractivity (Wildman–Crippen MR) is 74.0 cm³/mol. The van der Waals surface area contributed by atoms with Gasteiger partial charge in [0.15, 0.2) is 5.92 Å². The summed E-state index contributed by atoms with van der Waals surface area (Å²) in [6.45, 7) is -1.24. The van der Waals surface area contributed by atoms with E-state index in [0.717, 1.165) is 12.1 Å². The fourth-order valence-corrected chi connectivity index (χ4v) is 2.16. The molecular weight excluding hydrogens is 318 g/mol. The molecule has 0 saturated heterocycles. The van der Waals surface area contributed by atoms with Crippen molar-refractivity contribution in [2.75, 3.05) is 25.5 Å². The second kappa shape index (κ2) is 6.99. The van der Waals surface area contributed by atoms with E-state index < -0.39 is 52.4 Å². The van der Waals surface area contributed by atoms with Crippen LogP contribution in [0.15, 0.2) is 12.1 Å². The summed E-state index contributed by atoms with van der Waals surface area (Å²) < 4.78 is 28.4. The largest absolute Gasteiger partial charge is 0.481 e. The first-order valence-electron chi connectivity index (χ1n) is 6.30. The third kappa shape index (κ3) is 4.11. The van der Waals surface area contributed by atoms with E-state index in [1.165, 1.54) is 19.0 Å². The molecule has 0 bridgehead atoms. The van der Waals surface area contributed by atoms with Crippen molar-refractivity contribution in [1.29, 1.82) is 0 Å². The van der Waals surface area contributed by atoms with Crippen LogP contribution >= 0.6 is 0 Å². The molecule has 0 unspecified atom stereocenters. The summed E-state index contributed by atoms with van der Waals surface area (Å²) in [5.74, 6) is -10.7. The lowest BCUT2D eigenvalue weighted by molar-refractivity contribution is -0.484. The third-order valence-electron chi connectivity index (χ3n) is 3.23. The Morgan fingerprint density at radius 3 is 1.96 bits per heavy atom. The molecule has 0 aliphatic rings. The summed E-state index contributed by atoms with van der Waals surface area (Å²) in [6, 6.07) is 1.71. The minimum absolute atomic E-state index is 0.103. The quantitative estimate of drug-likeness (QED) is 0.437. The topological polar surface area (TPSA) is 121 Å². The lowest BCUT2D eigenvalue weighted by atomic mass is 9.85. The second-order valence-electron chi connectivity index (χ2n) is 4.99. The molecule has 0 aliphatic carbocycles. The SMILES string of the molecule is CN(C)c1cc(F)c([C@H](C[N+](=O)[O-])C(C(=O)O)C(=O)O)c(F)c1. The second-order valence-corrected chi connectivity index (χ2v) is 4.99. The van der Waals surface area contributed by atoms with Crippen LogP contribution in [0.25, 0.3) is 0 Å². The standard InChI is InChI=1S/C13H14F2N2O6/c1-16(2)6-3-8(14)10(9(15)4-6)7(5-17(22)23)11(12(18)19)13(20)21/h3-4,7,11H,5H2,1-2H3,(H,18,19)(H,20,21)/t7-/m0/s1. The molecule has 0 fully saturated rings. The lowest BCUT2D eigenvalue weighted by Gasteiger charge is -2.21. The van der Waals surface area contributed by atoms with E-state index in [0.29, 0.717) is 0 Å². The van der Waals surface area contributed by atoms with E-state index >= 15 is 0 Å². The number of carbonyl (C=O) groups is 2. The maximum atomic E-state index is 14.2. The number of anilines is 1. The summed E-state index contributed by atoms with van der Waals surface area (Å²) >= 11 is 0. The van der Waals surface area contributed by atoms with Crippen molar-refractivity contribution in [3.05, 3.63) is 39.4 Å². The molecule has 8 nitrogen and oxygen atoms in total. The van der Waals surface area contributed by atoms with Crippen LogP contribution in [0.1, 0.15) is 11.5 Å². The van der Waals surface area contributed by atoms with Crippen LogP contribution in [-0.2, 0) is 9.59 Å². The first-order chi connectivity index (χ1) is 10.6. The van der Waals surface area contributed by atoms with Gasteiger partial charge in [-0.15, -0.1) is 0 Å². The number of benzene rings is 1. The number of rotatable bonds is 7. The van der Waals surface area contributed by atoms with Gasteiger partial charge < -0.3 is 15.1 Å². The van der Waals surface area contributed by atoms with Crippen molar-refractivity contribution >= 4 is 17.6 Å². The fraction of sp³-hybridized carbons (Fsp3) is 0.385. The van der Waals surface area contributed by atoms with Gasteiger partial charge in [0.05, 0.1) is 5.92 Å². The van der Waals surface area contributed by atoms with Crippen LogP contribution in [0, 0.1) is 27.7 Å². The molecule has 0 heterocycles. The molecule has 2 N–H and O–H groups in total. The Morgan fingerprint density at radius 2 is 1.65 bits per heavy atom. The van der Waals surface area contributed by atoms with Crippen molar-refractivity contribution in [3.8, 4) is 0 Å². The number of halogens is 2. The van der Waals surface area contributed by atoms with Gasteiger partial charge in [-0.3, -0.25) is 19.7 Å². The molecule has 0 aromatic heterocycles. The Kier molecular flexibility index (Phi) is 5.55. The molecule has 23 heavy (non-hydrogen) atoms. The normalized spacial score (nSPS) is 12.0. The maximum absolute atomic E-state index is 14.2. The van der Waals surface area contributed by atoms with E-state index in [-0.39, 0.29) is 5.69 Å². The highest BCUT2D eigenvalue weighted by atomic mass is 19.1. The van der Waals surface area contributed by atoms with Crippen molar-refractivity contribution in [1.82, 2.24) is 0 Å². The van der Waals surface area contributed by atoms with Crippen LogP contribution in [0.4, 0.5) is 14.5 Å². The summed E-state index contributed by atoms with van der Waals surface area (Å²) in [5.41, 5.74) is -0.826. The van der Waals surface area contributed by atoms with Crippen molar-refractivity contribution < 1.29 is 33.5 Å².